The summed E-state index contributed by atoms with van der Waals surface area (Å²) in [4.78, 5) is 10.5. The van der Waals surface area contributed by atoms with Crippen LogP contribution in [0.25, 0.3) is 0 Å². The van der Waals surface area contributed by atoms with Crippen LogP contribution < -0.4 is 10.6 Å². The quantitative estimate of drug-likeness (QED) is 0.327. The molecule has 1 aliphatic heterocycles. The lowest BCUT2D eigenvalue weighted by atomic mass is 10.2. The number of amidine groups is 1. The summed E-state index contributed by atoms with van der Waals surface area (Å²) in [5, 5.41) is 11.4. The topological polar surface area (TPSA) is 87.6 Å². The van der Waals surface area contributed by atoms with E-state index in [1.807, 2.05) is 0 Å². The molecule has 0 bridgehead atoms. The molecule has 0 spiro atoms. The second-order valence-electron chi connectivity index (χ2n) is 4.08. The summed E-state index contributed by atoms with van der Waals surface area (Å²) >= 11 is 0. The van der Waals surface area contributed by atoms with Crippen molar-refractivity contribution in [2.75, 3.05) is 18.0 Å². The molecule has 6 nitrogen and oxygen atoms in total. The smallest absolute Gasteiger partial charge is 0.190 e. The standard InChI is InChI=1S/C10H15N5O/c1-7-2-3-15(6-7)9-5-12-8(4-13-9)10(11)14-16/h4-5,7,16H,2-3,6H2,1H3,(H2,11,14). The van der Waals surface area contributed by atoms with E-state index in [4.69, 9.17) is 10.9 Å². The van der Waals surface area contributed by atoms with Crippen LogP contribution in [0.5, 0.6) is 0 Å². The molecule has 1 atom stereocenters. The van der Waals surface area contributed by atoms with Crippen molar-refractivity contribution in [2.45, 2.75) is 13.3 Å². The summed E-state index contributed by atoms with van der Waals surface area (Å²) in [7, 11) is 0. The summed E-state index contributed by atoms with van der Waals surface area (Å²) < 4.78 is 0. The largest absolute Gasteiger partial charge is 0.409 e. The highest BCUT2D eigenvalue weighted by Crippen LogP contribution is 2.20. The molecule has 6 heteroatoms. The van der Waals surface area contributed by atoms with Crippen LogP contribution in [0.4, 0.5) is 5.82 Å². The number of nitrogens with zero attached hydrogens (tertiary/aromatic N) is 4. The molecular weight excluding hydrogens is 206 g/mol. The fourth-order valence-electron chi connectivity index (χ4n) is 1.81. The van der Waals surface area contributed by atoms with Crippen LogP contribution in [0.1, 0.15) is 19.0 Å². The molecule has 2 rings (SSSR count). The van der Waals surface area contributed by atoms with Crippen LogP contribution >= 0.6 is 0 Å². The molecule has 2 heterocycles. The van der Waals surface area contributed by atoms with E-state index in [0.717, 1.165) is 18.9 Å². The van der Waals surface area contributed by atoms with Gasteiger partial charge in [0.15, 0.2) is 5.84 Å². The van der Waals surface area contributed by atoms with Crippen molar-refractivity contribution in [3.63, 3.8) is 0 Å². The van der Waals surface area contributed by atoms with Gasteiger partial charge in [0, 0.05) is 13.1 Å². The number of anilines is 1. The second-order valence-corrected chi connectivity index (χ2v) is 4.08. The number of nitrogens with two attached hydrogens (primary N) is 1. The molecule has 1 aromatic heterocycles. The number of rotatable bonds is 2. The monoisotopic (exact) mass is 221 g/mol. The number of hydrogen-bond acceptors (Lipinski definition) is 5. The summed E-state index contributed by atoms with van der Waals surface area (Å²) in [5.74, 6) is 1.53. The highest BCUT2D eigenvalue weighted by atomic mass is 16.4. The maximum atomic E-state index is 8.49. The number of hydrogen-bond donors (Lipinski definition) is 2. The van der Waals surface area contributed by atoms with Gasteiger partial charge in [-0.1, -0.05) is 12.1 Å². The molecule has 0 amide bonds. The predicted octanol–water partition coefficient (Wildman–Crippen LogP) is 0.417. The Morgan fingerprint density at radius 2 is 2.38 bits per heavy atom. The van der Waals surface area contributed by atoms with E-state index < -0.39 is 0 Å². The van der Waals surface area contributed by atoms with E-state index in [1.165, 1.54) is 12.6 Å². The Bertz CT molecular complexity index is 389. The molecule has 1 saturated heterocycles. The van der Waals surface area contributed by atoms with Crippen LogP contribution in [-0.2, 0) is 0 Å². The Morgan fingerprint density at radius 3 is 2.88 bits per heavy atom. The molecule has 0 saturated carbocycles. The third-order valence-corrected chi connectivity index (χ3v) is 2.76. The Balaban J connectivity index is 2.13. The number of aromatic nitrogens is 2. The van der Waals surface area contributed by atoms with E-state index in [1.54, 1.807) is 6.20 Å². The molecule has 86 valence electrons. The van der Waals surface area contributed by atoms with Gasteiger partial charge in [0.05, 0.1) is 12.4 Å². The lowest BCUT2D eigenvalue weighted by Gasteiger charge is -2.16. The highest BCUT2D eigenvalue weighted by Gasteiger charge is 2.20. The minimum absolute atomic E-state index is 0.0196. The minimum Gasteiger partial charge on any atom is -0.409 e. The van der Waals surface area contributed by atoms with E-state index in [-0.39, 0.29) is 5.84 Å². The van der Waals surface area contributed by atoms with E-state index in [9.17, 15) is 0 Å². The molecule has 0 aliphatic carbocycles. The van der Waals surface area contributed by atoms with Gasteiger partial charge in [0.2, 0.25) is 0 Å². The van der Waals surface area contributed by atoms with Crippen molar-refractivity contribution < 1.29 is 5.21 Å². The van der Waals surface area contributed by atoms with Gasteiger partial charge in [-0.2, -0.15) is 0 Å². The maximum Gasteiger partial charge on any atom is 0.190 e. The zero-order valence-corrected chi connectivity index (χ0v) is 9.17. The molecule has 1 unspecified atom stereocenters. The molecule has 3 N–H and O–H groups in total. The fourth-order valence-corrected chi connectivity index (χ4v) is 1.81. The zero-order valence-electron chi connectivity index (χ0n) is 9.17. The Kier molecular flexibility index (Phi) is 2.89. The average Bonchev–Trinajstić information content (AvgIpc) is 2.75. The average molecular weight is 221 g/mol. The van der Waals surface area contributed by atoms with Crippen molar-refractivity contribution in [1.82, 2.24) is 9.97 Å². The molecule has 0 aromatic carbocycles. The minimum atomic E-state index is -0.0196. The summed E-state index contributed by atoms with van der Waals surface area (Å²) in [6.07, 6.45) is 4.36. The van der Waals surface area contributed by atoms with Gasteiger partial charge < -0.3 is 15.8 Å². The zero-order chi connectivity index (χ0) is 11.5. The normalized spacial score (nSPS) is 21.4. The van der Waals surface area contributed by atoms with Gasteiger partial charge in [-0.25, -0.2) is 9.97 Å². The van der Waals surface area contributed by atoms with Gasteiger partial charge in [-0.05, 0) is 12.3 Å². The van der Waals surface area contributed by atoms with Crippen molar-refractivity contribution >= 4 is 11.7 Å². The Hall–Kier alpha value is -1.85. The van der Waals surface area contributed by atoms with Gasteiger partial charge in [0.25, 0.3) is 0 Å². The summed E-state index contributed by atoms with van der Waals surface area (Å²) in [6.45, 7) is 4.24. The van der Waals surface area contributed by atoms with Crippen molar-refractivity contribution in [2.24, 2.45) is 16.8 Å². The number of oxime groups is 1. The Labute approximate surface area is 93.8 Å². The van der Waals surface area contributed by atoms with Gasteiger partial charge in [0.1, 0.15) is 11.5 Å². The predicted molar refractivity (Wildman–Crippen MR) is 60.5 cm³/mol. The highest BCUT2D eigenvalue weighted by molar-refractivity contribution is 5.94. The first-order valence-corrected chi connectivity index (χ1v) is 5.25. The third kappa shape index (κ3) is 2.05. The van der Waals surface area contributed by atoms with Gasteiger partial charge >= 0.3 is 0 Å². The first-order chi connectivity index (χ1) is 7.70. The lowest BCUT2D eigenvalue weighted by Crippen LogP contribution is -2.22. The van der Waals surface area contributed by atoms with Crippen LogP contribution in [0.3, 0.4) is 0 Å². The van der Waals surface area contributed by atoms with Crippen LogP contribution in [0.15, 0.2) is 17.5 Å². The molecule has 0 radical (unpaired) electrons. The fraction of sp³-hybridized carbons (Fsp3) is 0.500. The molecule has 16 heavy (non-hydrogen) atoms. The first kappa shape index (κ1) is 10.7. The molecular formula is C10H15N5O. The van der Waals surface area contributed by atoms with E-state index in [2.05, 4.69) is 26.9 Å². The van der Waals surface area contributed by atoms with Crippen LogP contribution in [0, 0.1) is 5.92 Å². The molecule has 1 fully saturated rings. The second kappa shape index (κ2) is 4.34. The van der Waals surface area contributed by atoms with Crippen molar-refractivity contribution in [1.29, 1.82) is 0 Å². The molecule has 1 aliphatic rings. The molecule has 1 aromatic rings. The van der Waals surface area contributed by atoms with Crippen molar-refractivity contribution in [3.8, 4) is 0 Å². The van der Waals surface area contributed by atoms with E-state index >= 15 is 0 Å². The third-order valence-electron chi connectivity index (χ3n) is 2.76. The lowest BCUT2D eigenvalue weighted by molar-refractivity contribution is 0.318. The maximum absolute atomic E-state index is 8.49. The van der Waals surface area contributed by atoms with E-state index in [0.29, 0.717) is 11.6 Å². The van der Waals surface area contributed by atoms with Crippen LogP contribution in [0.2, 0.25) is 0 Å². The first-order valence-electron chi connectivity index (χ1n) is 5.25. The van der Waals surface area contributed by atoms with Crippen LogP contribution in [-0.4, -0.2) is 34.1 Å². The Morgan fingerprint density at radius 1 is 1.56 bits per heavy atom. The SMILES string of the molecule is CC1CCN(c2cnc(C(N)=NO)cn2)C1. The van der Waals surface area contributed by atoms with Crippen molar-refractivity contribution in [3.05, 3.63) is 18.1 Å². The van der Waals surface area contributed by atoms with Gasteiger partial charge in [-0.3, -0.25) is 0 Å². The summed E-state index contributed by atoms with van der Waals surface area (Å²) in [6, 6.07) is 0. The van der Waals surface area contributed by atoms with Gasteiger partial charge in [-0.15, -0.1) is 0 Å². The summed E-state index contributed by atoms with van der Waals surface area (Å²) in [5.41, 5.74) is 5.79.